The van der Waals surface area contributed by atoms with Crippen LogP contribution >= 0.6 is 0 Å². The quantitative estimate of drug-likeness (QED) is 0.263. The van der Waals surface area contributed by atoms with Crippen LogP contribution < -0.4 is 0 Å². The molecule has 0 radical (unpaired) electrons. The maximum Gasteiger partial charge on any atom is 0.501 e. The summed E-state index contributed by atoms with van der Waals surface area (Å²) in [6.45, 7) is 6.44. The molecule has 0 rings (SSSR count). The van der Waals surface area contributed by atoms with Crippen molar-refractivity contribution < 1.29 is 21.7 Å². The van der Waals surface area contributed by atoms with Crippen molar-refractivity contribution in [1.29, 1.82) is 0 Å². The average Bonchev–Trinajstić information content (AvgIpc) is 2.28. The van der Waals surface area contributed by atoms with Gasteiger partial charge in [-0.1, -0.05) is 0 Å². The Balaban J connectivity index is 4.81. The summed E-state index contributed by atoms with van der Waals surface area (Å²) >= 11 is 0. The van der Waals surface area contributed by atoms with Gasteiger partial charge in [-0.15, -0.1) is 0 Å². The molecule has 0 saturated heterocycles. The molecule has 8 nitrogen and oxygen atoms in total. The van der Waals surface area contributed by atoms with Crippen LogP contribution in [0.5, 0.6) is 0 Å². The zero-order chi connectivity index (χ0) is 14.1. The molecule has 10 heteroatoms. The van der Waals surface area contributed by atoms with Crippen molar-refractivity contribution in [2.75, 3.05) is 25.6 Å². The highest BCUT2D eigenvalue weighted by Crippen LogP contribution is 2.17. The van der Waals surface area contributed by atoms with Crippen LogP contribution in [0, 0.1) is 0 Å². The lowest BCUT2D eigenvalue weighted by Crippen LogP contribution is -2.47. The fraction of sp³-hybridized carbons (Fsp3) is 1.00. The molecule has 0 aliphatic rings. The van der Waals surface area contributed by atoms with E-state index >= 15 is 0 Å². The van der Waals surface area contributed by atoms with E-state index in [-0.39, 0.29) is 11.8 Å². The number of hydrogen-bond acceptors (Lipinski definition) is 5. The molecular weight excluding hydrogens is 278 g/mol. The minimum Gasteiger partial charge on any atom is -0.374 e. The zero-order valence-corrected chi connectivity index (χ0v) is 12.6. The van der Waals surface area contributed by atoms with Crippen molar-refractivity contribution in [2.24, 2.45) is 4.52 Å². The maximum atomic E-state index is 11.3. The summed E-state index contributed by atoms with van der Waals surface area (Å²) in [5.74, 6) is -0.344. The number of hydrogen-bond donors (Lipinski definition) is 0. The molecule has 0 aromatic rings. The summed E-state index contributed by atoms with van der Waals surface area (Å²) < 4.78 is 41.8. The largest absolute Gasteiger partial charge is 0.501 e. The lowest BCUT2D eigenvalue weighted by atomic mass is 10.9. The first-order chi connectivity index (χ1) is 8.45. The fourth-order valence-corrected chi connectivity index (χ4v) is 5.58. The predicted octanol–water partition coefficient (Wildman–Crippen LogP) is 1.67. The summed E-state index contributed by atoms with van der Waals surface area (Å²) in [7, 11) is -6.81. The van der Waals surface area contributed by atoms with Gasteiger partial charge in [0.2, 0.25) is 10.0 Å². The lowest BCUT2D eigenvalue weighted by Gasteiger charge is -2.28. The van der Waals surface area contributed by atoms with E-state index < -0.39 is 18.8 Å². The van der Waals surface area contributed by atoms with E-state index in [9.17, 15) is 8.42 Å². The van der Waals surface area contributed by atoms with Gasteiger partial charge in [0.15, 0.2) is 0 Å². The number of azide groups is 1. The van der Waals surface area contributed by atoms with Gasteiger partial charge in [-0.05, 0) is 26.3 Å². The highest BCUT2D eigenvalue weighted by atomic mass is 32.2. The van der Waals surface area contributed by atoms with Gasteiger partial charge in [-0.25, -0.2) is 8.42 Å². The van der Waals surface area contributed by atoms with Gasteiger partial charge in [0.25, 0.3) is 0 Å². The molecule has 106 valence electrons. The summed E-state index contributed by atoms with van der Waals surface area (Å²) in [6.07, 6.45) is 0. The second-order valence-electron chi connectivity index (χ2n) is 3.19. The molecule has 0 spiro atoms. The predicted molar refractivity (Wildman–Crippen MR) is 68.4 cm³/mol. The van der Waals surface area contributed by atoms with Crippen LogP contribution in [-0.4, -0.2) is 42.8 Å². The average molecular weight is 297 g/mol. The van der Waals surface area contributed by atoms with Gasteiger partial charge < -0.3 is 13.3 Å². The Bertz CT molecular complexity index is 365. The van der Waals surface area contributed by atoms with Crippen LogP contribution in [0.15, 0.2) is 4.52 Å². The molecule has 0 atom stereocenters. The van der Waals surface area contributed by atoms with E-state index in [1.807, 2.05) is 0 Å². The highest BCUT2D eigenvalue weighted by molar-refractivity contribution is 7.90. The van der Waals surface area contributed by atoms with Crippen LogP contribution in [0.1, 0.15) is 20.8 Å². The Hall–Kier alpha value is -0.643. The minimum atomic E-state index is -3.82. The SMILES string of the molecule is CCO[Si](CCS(=O)(=O)N=[N+]=[N-])(OCC)OCC. The Labute approximate surface area is 108 Å². The van der Waals surface area contributed by atoms with Crippen LogP contribution in [-0.2, 0) is 23.3 Å². The smallest absolute Gasteiger partial charge is 0.374 e. The standard InChI is InChI=1S/C8H19N3O5SSi/c1-4-14-18(15-5-2,16-6-3)8-7-17(12,13)11-10-9/h4-8H2,1-3H3. The molecule has 0 aromatic carbocycles. The molecular formula is C8H19N3O5SSi. The molecule has 0 N–H and O–H groups in total. The molecule has 18 heavy (non-hydrogen) atoms. The molecule has 0 aromatic heterocycles. The summed E-state index contributed by atoms with van der Waals surface area (Å²) in [6, 6.07) is 0.0733. The van der Waals surface area contributed by atoms with Gasteiger partial charge in [0.05, 0.1) is 5.75 Å². The van der Waals surface area contributed by atoms with Crippen LogP contribution in [0.2, 0.25) is 6.04 Å². The van der Waals surface area contributed by atoms with Crippen molar-refractivity contribution in [3.05, 3.63) is 10.4 Å². The van der Waals surface area contributed by atoms with E-state index in [2.05, 4.69) is 9.43 Å². The van der Waals surface area contributed by atoms with Gasteiger partial charge >= 0.3 is 8.80 Å². The minimum absolute atomic E-state index is 0.0733. The third-order valence-electron chi connectivity index (χ3n) is 1.92. The number of sulfonamides is 1. The monoisotopic (exact) mass is 297 g/mol. The highest BCUT2D eigenvalue weighted by Gasteiger charge is 2.41. The van der Waals surface area contributed by atoms with Crippen LogP contribution in [0.4, 0.5) is 0 Å². The van der Waals surface area contributed by atoms with E-state index in [0.29, 0.717) is 19.8 Å². The Morgan fingerprint density at radius 1 is 1.11 bits per heavy atom. The van der Waals surface area contributed by atoms with Crippen LogP contribution in [0.25, 0.3) is 10.4 Å². The molecule has 0 unspecified atom stereocenters. The van der Waals surface area contributed by atoms with E-state index in [4.69, 9.17) is 18.8 Å². The Morgan fingerprint density at radius 2 is 1.56 bits per heavy atom. The fourth-order valence-electron chi connectivity index (χ4n) is 1.35. The maximum absolute atomic E-state index is 11.3. The van der Waals surface area contributed by atoms with Crippen molar-refractivity contribution in [1.82, 2.24) is 0 Å². The Morgan fingerprint density at radius 3 is 1.89 bits per heavy atom. The van der Waals surface area contributed by atoms with Gasteiger partial charge in [0, 0.05) is 35.3 Å². The summed E-state index contributed by atoms with van der Waals surface area (Å²) in [5.41, 5.74) is 8.14. The van der Waals surface area contributed by atoms with Gasteiger partial charge in [0.1, 0.15) is 0 Å². The van der Waals surface area contributed by atoms with Crippen molar-refractivity contribution in [3.63, 3.8) is 0 Å². The summed E-state index contributed by atoms with van der Waals surface area (Å²) in [5, 5.41) is 0. The Kier molecular flexibility index (Phi) is 8.16. The van der Waals surface area contributed by atoms with Crippen molar-refractivity contribution in [3.8, 4) is 0 Å². The first-order valence-electron chi connectivity index (χ1n) is 5.66. The van der Waals surface area contributed by atoms with E-state index in [1.54, 1.807) is 20.8 Å². The van der Waals surface area contributed by atoms with E-state index in [1.165, 1.54) is 0 Å². The number of rotatable bonds is 10. The summed E-state index contributed by atoms with van der Waals surface area (Å²) in [4.78, 5) is 2.28. The van der Waals surface area contributed by atoms with Gasteiger partial charge in [-0.3, -0.25) is 0 Å². The first-order valence-corrected chi connectivity index (χ1v) is 9.20. The van der Waals surface area contributed by atoms with Crippen molar-refractivity contribution in [2.45, 2.75) is 26.8 Å². The van der Waals surface area contributed by atoms with Crippen LogP contribution in [0.3, 0.4) is 0 Å². The van der Waals surface area contributed by atoms with E-state index in [0.717, 1.165) is 0 Å². The lowest BCUT2D eigenvalue weighted by molar-refractivity contribution is 0.0727. The molecule has 0 saturated carbocycles. The second-order valence-corrected chi connectivity index (χ2v) is 7.66. The van der Waals surface area contributed by atoms with Crippen molar-refractivity contribution >= 4 is 18.8 Å². The van der Waals surface area contributed by atoms with Gasteiger partial charge in [-0.2, -0.15) is 0 Å². The third kappa shape index (κ3) is 6.33. The molecule has 0 aliphatic heterocycles. The number of nitrogens with zero attached hydrogens (tertiary/aromatic N) is 3. The normalized spacial score (nSPS) is 12.2. The molecule has 0 heterocycles. The first kappa shape index (κ1) is 17.4. The topological polar surface area (TPSA) is 111 Å². The molecule has 0 aliphatic carbocycles. The second kappa shape index (κ2) is 8.46. The molecule has 0 bridgehead atoms. The zero-order valence-electron chi connectivity index (χ0n) is 10.8. The molecule has 0 fully saturated rings. The third-order valence-corrected chi connectivity index (χ3v) is 6.37. The molecule has 0 amide bonds.